The Morgan fingerprint density at radius 2 is 1.88 bits per heavy atom. The summed E-state index contributed by atoms with van der Waals surface area (Å²) in [5.74, 6) is 0.851. The number of Topliss-reactive ketones (excluding diaryl/α,β-unsaturated/α-hetero) is 1. The fourth-order valence-corrected chi connectivity index (χ4v) is 3.92. The predicted molar refractivity (Wildman–Crippen MR) is 70.4 cm³/mol. The zero-order valence-electron chi connectivity index (χ0n) is 10.4. The van der Waals surface area contributed by atoms with E-state index in [2.05, 4.69) is 32.0 Å². The minimum Gasteiger partial charge on any atom is -0.300 e. The second-order valence-corrected chi connectivity index (χ2v) is 6.64. The Morgan fingerprint density at radius 1 is 1.24 bits per heavy atom. The zero-order chi connectivity index (χ0) is 12.4. The van der Waals surface area contributed by atoms with Crippen LogP contribution < -0.4 is 0 Å². The third-order valence-electron chi connectivity index (χ3n) is 3.16. The van der Waals surface area contributed by atoms with Crippen LogP contribution in [0.4, 0.5) is 0 Å². The van der Waals surface area contributed by atoms with E-state index in [1.165, 1.54) is 11.1 Å². The third kappa shape index (κ3) is 3.25. The van der Waals surface area contributed by atoms with E-state index in [9.17, 15) is 9.00 Å². The van der Waals surface area contributed by atoms with Gasteiger partial charge in [0.15, 0.2) is 0 Å². The molecule has 0 saturated heterocycles. The molecule has 3 heteroatoms. The highest BCUT2D eigenvalue weighted by Gasteiger charge is 2.26. The van der Waals surface area contributed by atoms with Gasteiger partial charge in [0.05, 0.1) is 0 Å². The Labute approximate surface area is 105 Å². The molecule has 0 radical (unpaired) electrons. The normalized spacial score (nSPS) is 21.8. The van der Waals surface area contributed by atoms with Crippen LogP contribution in [0.15, 0.2) is 18.2 Å². The minimum atomic E-state index is -0.904. The highest BCUT2D eigenvalue weighted by atomic mass is 32.2. The van der Waals surface area contributed by atoms with Gasteiger partial charge in [0.25, 0.3) is 0 Å². The van der Waals surface area contributed by atoms with Crippen LogP contribution in [0.2, 0.25) is 0 Å². The summed E-state index contributed by atoms with van der Waals surface area (Å²) >= 11 is 0. The van der Waals surface area contributed by atoms with Gasteiger partial charge in [-0.3, -0.25) is 9.00 Å². The summed E-state index contributed by atoms with van der Waals surface area (Å²) in [5.41, 5.74) is 3.54. The molecule has 0 N–H and O–H groups in total. The molecule has 92 valence electrons. The number of ketones is 1. The quantitative estimate of drug-likeness (QED) is 0.826. The summed E-state index contributed by atoms with van der Waals surface area (Å²) in [5, 5.41) is 0.0864. The van der Waals surface area contributed by atoms with E-state index < -0.39 is 10.8 Å². The van der Waals surface area contributed by atoms with Gasteiger partial charge in [-0.15, -0.1) is 0 Å². The number of rotatable bonds is 3. The first-order valence-corrected chi connectivity index (χ1v) is 7.39. The summed E-state index contributed by atoms with van der Waals surface area (Å²) in [4.78, 5) is 11.2. The van der Waals surface area contributed by atoms with Gasteiger partial charge in [-0.05, 0) is 25.8 Å². The third-order valence-corrected chi connectivity index (χ3v) is 4.93. The van der Waals surface area contributed by atoms with Crippen molar-refractivity contribution in [3.63, 3.8) is 0 Å². The molecule has 0 aliphatic heterocycles. The van der Waals surface area contributed by atoms with Gasteiger partial charge in [-0.1, -0.05) is 29.3 Å². The van der Waals surface area contributed by atoms with Crippen LogP contribution in [0, 0.1) is 13.8 Å². The van der Waals surface area contributed by atoms with Crippen LogP contribution in [0.1, 0.15) is 36.0 Å². The van der Waals surface area contributed by atoms with E-state index in [0.29, 0.717) is 18.6 Å². The van der Waals surface area contributed by atoms with Crippen molar-refractivity contribution in [1.82, 2.24) is 0 Å². The molecule has 1 fully saturated rings. The molecule has 2 nitrogen and oxygen atoms in total. The van der Waals surface area contributed by atoms with Gasteiger partial charge in [-0.2, -0.15) is 0 Å². The molecule has 1 aliphatic rings. The molecule has 0 spiro atoms. The Kier molecular flexibility index (Phi) is 3.77. The Morgan fingerprint density at radius 3 is 2.41 bits per heavy atom. The second kappa shape index (κ2) is 5.13. The summed E-state index contributed by atoms with van der Waals surface area (Å²) in [7, 11) is -0.904. The van der Waals surface area contributed by atoms with E-state index in [0.717, 1.165) is 12.0 Å². The van der Waals surface area contributed by atoms with E-state index in [1.807, 2.05) is 0 Å². The first-order valence-electron chi connectivity index (χ1n) is 6.00. The van der Waals surface area contributed by atoms with E-state index in [1.54, 1.807) is 0 Å². The van der Waals surface area contributed by atoms with Crippen molar-refractivity contribution < 1.29 is 9.00 Å². The standard InChI is InChI=1S/C14H18O2S/c1-10-5-11(2)7-12(6-10)9-17(16)14-4-3-13(15)8-14/h5-7,14H,3-4,8-9H2,1-2H3. The average Bonchev–Trinajstić information content (AvgIpc) is 2.63. The lowest BCUT2D eigenvalue weighted by atomic mass is 10.1. The van der Waals surface area contributed by atoms with Crippen molar-refractivity contribution in [1.29, 1.82) is 0 Å². The fourth-order valence-electron chi connectivity index (χ4n) is 2.44. The topological polar surface area (TPSA) is 34.1 Å². The molecule has 2 unspecified atom stereocenters. The van der Waals surface area contributed by atoms with Gasteiger partial charge >= 0.3 is 0 Å². The molecule has 0 aromatic heterocycles. The van der Waals surface area contributed by atoms with Crippen molar-refractivity contribution in [2.24, 2.45) is 0 Å². The molecular weight excluding hydrogens is 232 g/mol. The maximum atomic E-state index is 12.1. The minimum absolute atomic E-state index is 0.0864. The van der Waals surface area contributed by atoms with Crippen molar-refractivity contribution in [2.75, 3.05) is 0 Å². The molecule has 1 aromatic rings. The Hall–Kier alpha value is -0.960. The smallest absolute Gasteiger partial charge is 0.134 e. The van der Waals surface area contributed by atoms with Crippen molar-refractivity contribution >= 4 is 16.6 Å². The first-order chi connectivity index (χ1) is 8.04. The lowest BCUT2D eigenvalue weighted by Gasteiger charge is -2.09. The van der Waals surface area contributed by atoms with Crippen LogP contribution in [0.5, 0.6) is 0 Å². The molecule has 1 aromatic carbocycles. The molecular formula is C14H18O2S. The van der Waals surface area contributed by atoms with Gasteiger partial charge in [0, 0.05) is 34.6 Å². The maximum absolute atomic E-state index is 12.1. The van der Waals surface area contributed by atoms with Gasteiger partial charge in [-0.25, -0.2) is 0 Å². The maximum Gasteiger partial charge on any atom is 0.134 e. The predicted octanol–water partition coefficient (Wildman–Crippen LogP) is 2.67. The molecule has 0 heterocycles. The first kappa shape index (κ1) is 12.5. The molecule has 1 saturated carbocycles. The number of aryl methyl sites for hydroxylation is 2. The van der Waals surface area contributed by atoms with Crippen LogP contribution in [0.3, 0.4) is 0 Å². The van der Waals surface area contributed by atoms with E-state index in [4.69, 9.17) is 0 Å². The van der Waals surface area contributed by atoms with E-state index >= 15 is 0 Å². The van der Waals surface area contributed by atoms with Gasteiger partial charge in [0.2, 0.25) is 0 Å². The number of hydrogen-bond acceptors (Lipinski definition) is 2. The zero-order valence-corrected chi connectivity index (χ0v) is 11.2. The summed E-state index contributed by atoms with van der Waals surface area (Å²) in [6.07, 6.45) is 1.93. The van der Waals surface area contributed by atoms with Crippen LogP contribution in [-0.4, -0.2) is 15.2 Å². The number of benzene rings is 1. The van der Waals surface area contributed by atoms with Crippen molar-refractivity contribution in [2.45, 2.75) is 44.1 Å². The summed E-state index contributed by atoms with van der Waals surface area (Å²) < 4.78 is 12.1. The highest BCUT2D eigenvalue weighted by molar-refractivity contribution is 7.84. The molecule has 2 atom stereocenters. The average molecular weight is 250 g/mol. The number of carbonyl (C=O) groups excluding carboxylic acids is 1. The second-order valence-electron chi connectivity index (χ2n) is 4.92. The van der Waals surface area contributed by atoms with Gasteiger partial charge < -0.3 is 0 Å². The Balaban J connectivity index is 2.05. The lowest BCUT2D eigenvalue weighted by Crippen LogP contribution is -2.13. The largest absolute Gasteiger partial charge is 0.300 e. The van der Waals surface area contributed by atoms with Crippen LogP contribution in [-0.2, 0) is 21.3 Å². The molecule has 0 amide bonds. The highest BCUT2D eigenvalue weighted by Crippen LogP contribution is 2.22. The summed E-state index contributed by atoms with van der Waals surface area (Å²) in [6, 6.07) is 6.29. The lowest BCUT2D eigenvalue weighted by molar-refractivity contribution is -0.117. The van der Waals surface area contributed by atoms with Crippen molar-refractivity contribution in [3.8, 4) is 0 Å². The fraction of sp³-hybridized carbons (Fsp3) is 0.500. The SMILES string of the molecule is Cc1cc(C)cc(CS(=O)C2CCC(=O)C2)c1. The van der Waals surface area contributed by atoms with Gasteiger partial charge in [0.1, 0.15) is 5.78 Å². The number of carbonyl (C=O) groups is 1. The Bertz CT molecular complexity index is 445. The molecule has 1 aliphatic carbocycles. The van der Waals surface area contributed by atoms with Crippen LogP contribution >= 0.6 is 0 Å². The molecule has 0 bridgehead atoms. The number of hydrogen-bond donors (Lipinski definition) is 0. The van der Waals surface area contributed by atoms with Crippen LogP contribution in [0.25, 0.3) is 0 Å². The van der Waals surface area contributed by atoms with Crippen molar-refractivity contribution in [3.05, 3.63) is 34.9 Å². The molecule has 17 heavy (non-hydrogen) atoms. The molecule has 2 rings (SSSR count). The monoisotopic (exact) mass is 250 g/mol. The van der Waals surface area contributed by atoms with E-state index in [-0.39, 0.29) is 11.0 Å². The summed E-state index contributed by atoms with van der Waals surface area (Å²) in [6.45, 7) is 4.11.